The molecule has 0 atom stereocenters. The van der Waals surface area contributed by atoms with Crippen molar-refractivity contribution in [2.45, 2.75) is 13.8 Å². The van der Waals surface area contributed by atoms with E-state index in [-0.39, 0.29) is 15.4 Å². The Morgan fingerprint density at radius 1 is 0.935 bits per heavy atom. The van der Waals surface area contributed by atoms with E-state index < -0.39 is 17.8 Å². The van der Waals surface area contributed by atoms with Gasteiger partial charge in [-0.1, -0.05) is 35.3 Å². The smallest absolute Gasteiger partial charge is 0.341 e. The van der Waals surface area contributed by atoms with Crippen LogP contribution in [0.2, 0.25) is 10.0 Å². The van der Waals surface area contributed by atoms with Crippen molar-refractivity contribution < 1.29 is 19.1 Å². The number of nitrogens with one attached hydrogen (secondary N) is 2. The number of thiophene rings is 1. The molecule has 2 aromatic carbocycles. The Labute approximate surface area is 193 Å². The highest BCUT2D eigenvalue weighted by atomic mass is 35.5. The Balaban J connectivity index is 1.96. The van der Waals surface area contributed by atoms with Crippen molar-refractivity contribution in [3.05, 3.63) is 79.6 Å². The molecule has 2 amide bonds. The molecule has 3 rings (SSSR count). The fourth-order valence-electron chi connectivity index (χ4n) is 2.89. The number of amides is 2. The summed E-state index contributed by atoms with van der Waals surface area (Å²) in [6.45, 7) is 3.41. The number of esters is 1. The summed E-state index contributed by atoms with van der Waals surface area (Å²) in [7, 11) is 1.23. The van der Waals surface area contributed by atoms with Gasteiger partial charge in [0.2, 0.25) is 0 Å². The molecule has 0 fully saturated rings. The Morgan fingerprint density at radius 3 is 2.32 bits per heavy atom. The summed E-state index contributed by atoms with van der Waals surface area (Å²) in [6.07, 6.45) is 0. The average molecular weight is 477 g/mol. The third kappa shape index (κ3) is 4.90. The molecule has 31 heavy (non-hydrogen) atoms. The molecule has 0 aliphatic carbocycles. The van der Waals surface area contributed by atoms with Crippen molar-refractivity contribution in [1.82, 2.24) is 0 Å². The van der Waals surface area contributed by atoms with Crippen LogP contribution in [-0.4, -0.2) is 24.9 Å². The highest BCUT2D eigenvalue weighted by molar-refractivity contribution is 7.19. The molecule has 9 heteroatoms. The number of hydrogen-bond acceptors (Lipinski definition) is 5. The van der Waals surface area contributed by atoms with Crippen molar-refractivity contribution in [2.24, 2.45) is 0 Å². The zero-order valence-corrected chi connectivity index (χ0v) is 19.2. The first-order valence-electron chi connectivity index (χ1n) is 9.08. The molecule has 2 N–H and O–H groups in total. The van der Waals surface area contributed by atoms with Crippen molar-refractivity contribution in [2.75, 3.05) is 17.7 Å². The zero-order valence-electron chi connectivity index (χ0n) is 16.8. The van der Waals surface area contributed by atoms with Crippen molar-refractivity contribution in [3.63, 3.8) is 0 Å². The first kappa shape index (κ1) is 22.8. The maximum absolute atomic E-state index is 12.9. The van der Waals surface area contributed by atoms with E-state index in [9.17, 15) is 14.4 Å². The highest BCUT2D eigenvalue weighted by Gasteiger charge is 2.27. The highest BCUT2D eigenvalue weighted by Crippen LogP contribution is 2.35. The van der Waals surface area contributed by atoms with Gasteiger partial charge in [0.05, 0.1) is 17.6 Å². The van der Waals surface area contributed by atoms with Gasteiger partial charge in [-0.05, 0) is 55.3 Å². The lowest BCUT2D eigenvalue weighted by molar-refractivity contribution is 0.0601. The number of methoxy groups -OCH3 is 1. The van der Waals surface area contributed by atoms with Crippen LogP contribution in [0.15, 0.2) is 42.5 Å². The molecule has 0 saturated heterocycles. The maximum atomic E-state index is 12.9. The number of hydrogen-bond donors (Lipinski definition) is 2. The maximum Gasteiger partial charge on any atom is 0.341 e. The van der Waals surface area contributed by atoms with E-state index in [0.717, 1.165) is 16.9 Å². The van der Waals surface area contributed by atoms with Gasteiger partial charge in [0.1, 0.15) is 5.00 Å². The number of rotatable bonds is 5. The largest absolute Gasteiger partial charge is 0.465 e. The van der Waals surface area contributed by atoms with Gasteiger partial charge in [-0.25, -0.2) is 4.79 Å². The van der Waals surface area contributed by atoms with Gasteiger partial charge in [-0.3, -0.25) is 9.59 Å². The van der Waals surface area contributed by atoms with Crippen molar-refractivity contribution >= 4 is 63.0 Å². The summed E-state index contributed by atoms with van der Waals surface area (Å²) >= 11 is 13.1. The molecule has 6 nitrogen and oxygen atoms in total. The number of ether oxygens (including phenoxy) is 1. The van der Waals surface area contributed by atoms with Crippen LogP contribution in [0.5, 0.6) is 0 Å². The second-order valence-corrected chi connectivity index (χ2v) is 8.45. The van der Waals surface area contributed by atoms with Crippen molar-refractivity contribution in [3.8, 4) is 0 Å². The molecule has 0 bridgehead atoms. The quantitative estimate of drug-likeness (QED) is 0.444. The SMILES string of the molecule is COC(=O)c1c(NC(=O)c2cccc(Cl)c2)sc(C(=O)Nc2cccc(Cl)c2C)c1C. The van der Waals surface area contributed by atoms with E-state index in [1.807, 2.05) is 0 Å². The lowest BCUT2D eigenvalue weighted by Gasteiger charge is -2.09. The standard InChI is InChI=1S/C22H18Cl2N2O4S/c1-11-15(24)8-5-9-16(11)25-20(28)18-12(2)17(22(29)30-3)21(31-18)26-19(27)13-6-4-7-14(23)10-13/h4-10H,1-3H3,(H,25,28)(H,26,27). The molecule has 0 radical (unpaired) electrons. The number of anilines is 2. The van der Waals surface area contributed by atoms with Crippen LogP contribution in [0, 0.1) is 13.8 Å². The van der Waals surface area contributed by atoms with Gasteiger partial charge in [-0.15, -0.1) is 11.3 Å². The van der Waals surface area contributed by atoms with Crippen LogP contribution >= 0.6 is 34.5 Å². The van der Waals surface area contributed by atoms with Gasteiger partial charge in [0, 0.05) is 21.3 Å². The normalized spacial score (nSPS) is 10.5. The molecule has 160 valence electrons. The Hall–Kier alpha value is -2.87. The molecule has 3 aromatic rings. The van der Waals surface area contributed by atoms with Gasteiger partial charge in [0.15, 0.2) is 0 Å². The summed E-state index contributed by atoms with van der Waals surface area (Å²) in [6, 6.07) is 11.6. The van der Waals surface area contributed by atoms with Gasteiger partial charge in [-0.2, -0.15) is 0 Å². The Morgan fingerprint density at radius 2 is 1.65 bits per heavy atom. The monoisotopic (exact) mass is 476 g/mol. The van der Waals surface area contributed by atoms with E-state index in [1.165, 1.54) is 13.2 Å². The summed E-state index contributed by atoms with van der Waals surface area (Å²) in [5.41, 5.74) is 2.10. The first-order valence-corrected chi connectivity index (χ1v) is 10.6. The van der Waals surface area contributed by atoms with E-state index in [2.05, 4.69) is 10.6 Å². The van der Waals surface area contributed by atoms with E-state index in [1.54, 1.807) is 50.2 Å². The predicted molar refractivity (Wildman–Crippen MR) is 124 cm³/mol. The summed E-state index contributed by atoms with van der Waals surface area (Å²) in [5.74, 6) is -1.55. The molecular formula is C22H18Cl2N2O4S. The third-order valence-electron chi connectivity index (χ3n) is 4.57. The molecule has 0 spiro atoms. The minimum Gasteiger partial charge on any atom is -0.465 e. The minimum absolute atomic E-state index is 0.121. The van der Waals surface area contributed by atoms with Crippen LogP contribution in [0.25, 0.3) is 0 Å². The van der Waals surface area contributed by atoms with Gasteiger partial charge < -0.3 is 15.4 Å². The molecule has 0 aliphatic rings. The summed E-state index contributed by atoms with van der Waals surface area (Å²) in [4.78, 5) is 38.3. The van der Waals surface area contributed by atoms with Gasteiger partial charge >= 0.3 is 5.97 Å². The van der Waals surface area contributed by atoms with E-state index in [0.29, 0.717) is 26.9 Å². The molecular weight excluding hydrogens is 459 g/mol. The van der Waals surface area contributed by atoms with E-state index in [4.69, 9.17) is 27.9 Å². The van der Waals surface area contributed by atoms with Gasteiger partial charge in [0.25, 0.3) is 11.8 Å². The Kier molecular flexibility index (Phi) is 7.00. The third-order valence-corrected chi connectivity index (χ3v) is 6.42. The molecule has 0 aliphatic heterocycles. The van der Waals surface area contributed by atoms with Crippen LogP contribution in [0.3, 0.4) is 0 Å². The second kappa shape index (κ2) is 9.51. The zero-order chi connectivity index (χ0) is 22.7. The summed E-state index contributed by atoms with van der Waals surface area (Å²) in [5, 5.41) is 6.62. The minimum atomic E-state index is -0.659. The first-order chi connectivity index (χ1) is 14.7. The fraction of sp³-hybridized carbons (Fsp3) is 0.136. The number of halogens is 2. The fourth-order valence-corrected chi connectivity index (χ4v) is 4.34. The predicted octanol–water partition coefficient (Wildman–Crippen LogP) is 5.96. The number of carbonyl (C=O) groups is 3. The molecule has 0 saturated carbocycles. The van der Waals surface area contributed by atoms with Crippen LogP contribution < -0.4 is 10.6 Å². The van der Waals surface area contributed by atoms with Crippen LogP contribution in [0.1, 0.15) is 41.5 Å². The lowest BCUT2D eigenvalue weighted by Crippen LogP contribution is -2.14. The van der Waals surface area contributed by atoms with Crippen LogP contribution in [-0.2, 0) is 4.74 Å². The number of carbonyl (C=O) groups excluding carboxylic acids is 3. The Bertz CT molecular complexity index is 1190. The number of benzene rings is 2. The van der Waals surface area contributed by atoms with E-state index >= 15 is 0 Å². The molecule has 1 aromatic heterocycles. The van der Waals surface area contributed by atoms with Crippen LogP contribution in [0.4, 0.5) is 10.7 Å². The summed E-state index contributed by atoms with van der Waals surface area (Å²) < 4.78 is 4.86. The topological polar surface area (TPSA) is 84.5 Å². The van der Waals surface area contributed by atoms with Crippen molar-refractivity contribution in [1.29, 1.82) is 0 Å². The average Bonchev–Trinajstić information content (AvgIpc) is 3.06. The molecule has 0 unspecified atom stereocenters. The molecule has 1 heterocycles. The second-order valence-electron chi connectivity index (χ2n) is 6.58. The lowest BCUT2D eigenvalue weighted by atomic mass is 10.1.